The summed E-state index contributed by atoms with van der Waals surface area (Å²) in [5.74, 6) is 0. The molecule has 0 spiro atoms. The summed E-state index contributed by atoms with van der Waals surface area (Å²) in [5, 5.41) is 1.56. The highest BCUT2D eigenvalue weighted by Crippen LogP contribution is 2.15. The first-order valence-corrected chi connectivity index (χ1v) is 6.62. The number of halogens is 1. The normalized spacial score (nSPS) is 11.8. The van der Waals surface area contributed by atoms with Crippen molar-refractivity contribution in [2.45, 2.75) is 6.92 Å². The fourth-order valence-corrected chi connectivity index (χ4v) is 3.47. The van der Waals surface area contributed by atoms with Crippen molar-refractivity contribution in [2.75, 3.05) is 21.3 Å². The smallest absolute Gasteiger partial charge is 0.373 e. The average molecular weight is 247 g/mol. The van der Waals surface area contributed by atoms with Crippen molar-refractivity contribution in [1.82, 2.24) is 0 Å². The van der Waals surface area contributed by atoms with Crippen molar-refractivity contribution < 1.29 is 13.3 Å². The Morgan fingerprint density at radius 3 is 2.00 bits per heavy atom. The lowest BCUT2D eigenvalue weighted by Crippen LogP contribution is -2.54. The summed E-state index contributed by atoms with van der Waals surface area (Å²) < 4.78 is 16.1. The lowest BCUT2D eigenvalue weighted by molar-refractivity contribution is 0.140. The zero-order chi connectivity index (χ0) is 11.5. The number of rotatable bonds is 4. The molecule has 1 aromatic rings. The number of hydrogen-bond acceptors (Lipinski definition) is 3. The maximum Gasteiger partial charge on any atom is 0.536 e. The third-order valence-electron chi connectivity index (χ3n) is 2.33. The summed E-state index contributed by atoms with van der Waals surface area (Å²) in [7, 11) is 2.00. The maximum absolute atomic E-state index is 6.05. The predicted molar refractivity (Wildman–Crippen MR) is 62.6 cm³/mol. The third-order valence-corrected chi connectivity index (χ3v) is 5.37. The van der Waals surface area contributed by atoms with Gasteiger partial charge in [0.1, 0.15) is 0 Å². The molecule has 0 N–H and O–H groups in total. The summed E-state index contributed by atoms with van der Waals surface area (Å²) in [5.41, 5.74) is 1.02. The molecule has 0 aliphatic rings. The summed E-state index contributed by atoms with van der Waals surface area (Å²) in [6.07, 6.45) is 0. The van der Waals surface area contributed by atoms with Crippen molar-refractivity contribution in [3.8, 4) is 0 Å². The summed E-state index contributed by atoms with van der Waals surface area (Å²) in [6, 6.07) is 5.68. The summed E-state index contributed by atoms with van der Waals surface area (Å²) in [6.45, 7) is 1.95. The van der Waals surface area contributed by atoms with Crippen LogP contribution in [0, 0.1) is 6.92 Å². The van der Waals surface area contributed by atoms with Gasteiger partial charge in [-0.15, -0.1) is 0 Å². The minimum absolute atomic E-state index is 0.690. The summed E-state index contributed by atoms with van der Waals surface area (Å²) >= 11 is 6.05. The van der Waals surface area contributed by atoms with Crippen LogP contribution in [0.4, 0.5) is 0 Å². The van der Waals surface area contributed by atoms with Crippen molar-refractivity contribution in [3.63, 3.8) is 0 Å². The van der Waals surface area contributed by atoms with Gasteiger partial charge in [0.15, 0.2) is 0 Å². The van der Waals surface area contributed by atoms with E-state index in [2.05, 4.69) is 0 Å². The minimum atomic E-state index is -2.73. The molecule has 0 unspecified atom stereocenters. The Kier molecular flexibility index (Phi) is 4.30. The first kappa shape index (κ1) is 12.7. The molecule has 84 valence electrons. The van der Waals surface area contributed by atoms with Gasteiger partial charge in [0.25, 0.3) is 0 Å². The molecule has 0 atom stereocenters. The first-order valence-electron chi connectivity index (χ1n) is 4.51. The Labute approximate surface area is 96.3 Å². The van der Waals surface area contributed by atoms with Crippen molar-refractivity contribution in [1.29, 1.82) is 0 Å². The van der Waals surface area contributed by atoms with Crippen LogP contribution in [0.3, 0.4) is 0 Å². The fourth-order valence-electron chi connectivity index (χ4n) is 1.39. The van der Waals surface area contributed by atoms with E-state index in [0.29, 0.717) is 5.02 Å². The van der Waals surface area contributed by atoms with E-state index in [1.807, 2.05) is 25.1 Å². The molecule has 0 aliphatic heterocycles. The number of aryl methyl sites for hydroxylation is 1. The van der Waals surface area contributed by atoms with E-state index in [-0.39, 0.29) is 0 Å². The lowest BCUT2D eigenvalue weighted by atomic mass is 10.2. The monoisotopic (exact) mass is 246 g/mol. The van der Waals surface area contributed by atoms with Gasteiger partial charge in [-0.1, -0.05) is 23.7 Å². The van der Waals surface area contributed by atoms with E-state index in [1.54, 1.807) is 21.3 Å². The molecular formula is C10H15ClO3Si. The molecule has 0 aliphatic carbocycles. The third kappa shape index (κ3) is 2.41. The quantitative estimate of drug-likeness (QED) is 0.758. The van der Waals surface area contributed by atoms with E-state index < -0.39 is 8.80 Å². The van der Waals surface area contributed by atoms with Gasteiger partial charge in [-0.25, -0.2) is 0 Å². The van der Waals surface area contributed by atoms with Crippen LogP contribution < -0.4 is 5.19 Å². The Balaban J connectivity index is 3.17. The molecule has 0 radical (unpaired) electrons. The standard InChI is InChI=1S/C10H15ClO3Si/c1-8-5-6-9(7-10(8)11)15(12-2,13-3)14-4/h5-7H,1-4H3. The molecule has 0 bridgehead atoms. The molecule has 0 saturated carbocycles. The maximum atomic E-state index is 6.05. The van der Waals surface area contributed by atoms with E-state index in [9.17, 15) is 0 Å². The summed E-state index contributed by atoms with van der Waals surface area (Å²) in [4.78, 5) is 0. The second-order valence-corrected chi connectivity index (χ2v) is 6.45. The van der Waals surface area contributed by atoms with Gasteiger partial charge in [-0.05, 0) is 18.6 Å². The number of hydrogen-bond donors (Lipinski definition) is 0. The molecule has 0 amide bonds. The Hall–Kier alpha value is -0.393. The van der Waals surface area contributed by atoms with E-state index >= 15 is 0 Å². The van der Waals surface area contributed by atoms with Crippen molar-refractivity contribution in [2.24, 2.45) is 0 Å². The molecule has 15 heavy (non-hydrogen) atoms. The Bertz CT molecular complexity index is 331. The topological polar surface area (TPSA) is 27.7 Å². The predicted octanol–water partition coefficient (Wildman–Crippen LogP) is 1.73. The van der Waals surface area contributed by atoms with Crippen LogP contribution in [0.15, 0.2) is 18.2 Å². The number of benzene rings is 1. The van der Waals surface area contributed by atoms with Gasteiger partial charge in [0.05, 0.1) is 0 Å². The van der Waals surface area contributed by atoms with Crippen LogP contribution in [-0.4, -0.2) is 30.1 Å². The van der Waals surface area contributed by atoms with Crippen LogP contribution in [0.2, 0.25) is 5.02 Å². The highest BCUT2D eigenvalue weighted by atomic mass is 35.5. The highest BCUT2D eigenvalue weighted by molar-refractivity contribution is 6.75. The van der Waals surface area contributed by atoms with Gasteiger partial charge in [0.2, 0.25) is 0 Å². The van der Waals surface area contributed by atoms with Gasteiger partial charge >= 0.3 is 8.80 Å². The molecule has 0 saturated heterocycles. The van der Waals surface area contributed by atoms with Crippen molar-refractivity contribution in [3.05, 3.63) is 28.8 Å². The SMILES string of the molecule is CO[Si](OC)(OC)c1ccc(C)c(Cl)c1. The van der Waals surface area contributed by atoms with Crippen LogP contribution in [0.1, 0.15) is 5.56 Å². The molecule has 1 rings (SSSR count). The van der Waals surface area contributed by atoms with E-state index in [1.165, 1.54) is 0 Å². The molecule has 0 fully saturated rings. The van der Waals surface area contributed by atoms with Crippen LogP contribution >= 0.6 is 11.6 Å². The largest absolute Gasteiger partial charge is 0.536 e. The van der Waals surface area contributed by atoms with Crippen LogP contribution in [-0.2, 0) is 13.3 Å². The van der Waals surface area contributed by atoms with Gasteiger partial charge in [-0.2, -0.15) is 0 Å². The van der Waals surface area contributed by atoms with Gasteiger partial charge < -0.3 is 13.3 Å². The zero-order valence-electron chi connectivity index (χ0n) is 9.33. The van der Waals surface area contributed by atoms with E-state index in [4.69, 9.17) is 24.9 Å². The van der Waals surface area contributed by atoms with Gasteiger partial charge in [-0.3, -0.25) is 0 Å². The van der Waals surface area contributed by atoms with Crippen LogP contribution in [0.5, 0.6) is 0 Å². The molecule has 5 heteroatoms. The fraction of sp³-hybridized carbons (Fsp3) is 0.400. The molecular weight excluding hydrogens is 232 g/mol. The second kappa shape index (κ2) is 5.09. The molecule has 1 aromatic carbocycles. The Morgan fingerprint density at radius 2 is 1.60 bits per heavy atom. The van der Waals surface area contributed by atoms with Crippen LogP contribution in [0.25, 0.3) is 0 Å². The lowest BCUT2D eigenvalue weighted by Gasteiger charge is -2.24. The zero-order valence-corrected chi connectivity index (χ0v) is 11.1. The van der Waals surface area contributed by atoms with Gasteiger partial charge in [0, 0.05) is 31.5 Å². The van der Waals surface area contributed by atoms with Crippen molar-refractivity contribution >= 4 is 25.6 Å². The first-order chi connectivity index (χ1) is 7.09. The minimum Gasteiger partial charge on any atom is -0.373 e. The molecule has 0 aromatic heterocycles. The second-order valence-electron chi connectivity index (χ2n) is 3.13. The molecule has 3 nitrogen and oxygen atoms in total. The Morgan fingerprint density at radius 1 is 1.07 bits per heavy atom. The average Bonchev–Trinajstić information content (AvgIpc) is 2.26. The highest BCUT2D eigenvalue weighted by Gasteiger charge is 2.40. The molecule has 0 heterocycles. The van der Waals surface area contributed by atoms with E-state index in [0.717, 1.165) is 10.8 Å².